The summed E-state index contributed by atoms with van der Waals surface area (Å²) < 4.78 is 0. The van der Waals surface area contributed by atoms with Crippen molar-refractivity contribution in [2.24, 2.45) is 5.73 Å². The van der Waals surface area contributed by atoms with Crippen molar-refractivity contribution in [1.29, 1.82) is 0 Å². The molecule has 0 aliphatic heterocycles. The number of nitrogens with one attached hydrogen (secondary N) is 2. The van der Waals surface area contributed by atoms with Crippen molar-refractivity contribution in [2.45, 2.75) is 0 Å². The van der Waals surface area contributed by atoms with Crippen LogP contribution in [-0.2, 0) is 0 Å². The van der Waals surface area contributed by atoms with E-state index in [-0.39, 0.29) is 0 Å². The molecule has 0 spiro atoms. The van der Waals surface area contributed by atoms with Crippen molar-refractivity contribution >= 4 is 23.3 Å². The Morgan fingerprint density at radius 1 is 1.29 bits per heavy atom. The average Bonchev–Trinajstić information content (AvgIpc) is 2.15. The fraction of sp³-hybridized carbons (Fsp3) is 0. The molecule has 5 heteroatoms. The second kappa shape index (κ2) is 4.53. The van der Waals surface area contributed by atoms with Crippen LogP contribution in [0, 0.1) is 0 Å². The highest BCUT2D eigenvalue weighted by Gasteiger charge is 1.98. The molecule has 74 valence electrons. The van der Waals surface area contributed by atoms with Crippen LogP contribution in [0.4, 0.5) is 4.79 Å². The number of amides is 2. The maximum Gasteiger partial charge on any atom is 0.330 e. The minimum atomic E-state index is -0.667. The molecule has 14 heavy (non-hydrogen) atoms. The highest BCUT2D eigenvalue weighted by atomic mass is 35.5. The van der Waals surface area contributed by atoms with Gasteiger partial charge >= 0.3 is 6.03 Å². The molecule has 0 unspecified atom stereocenters. The maximum absolute atomic E-state index is 10.4. The molecular weight excluding hydrogens is 202 g/mol. The van der Waals surface area contributed by atoms with Crippen LogP contribution in [0.2, 0.25) is 5.02 Å². The van der Waals surface area contributed by atoms with Crippen molar-refractivity contribution < 1.29 is 4.79 Å². The van der Waals surface area contributed by atoms with Crippen LogP contribution in [0.5, 0.6) is 0 Å². The van der Waals surface area contributed by atoms with Crippen molar-refractivity contribution in [1.82, 2.24) is 10.9 Å². The molecule has 1 aromatic carbocycles. The summed E-state index contributed by atoms with van der Waals surface area (Å²) in [6.45, 7) is 3.70. The number of benzene rings is 1. The summed E-state index contributed by atoms with van der Waals surface area (Å²) in [5.41, 5.74) is 11.0. The summed E-state index contributed by atoms with van der Waals surface area (Å²) in [6, 6.07) is 6.35. The van der Waals surface area contributed by atoms with Crippen molar-refractivity contribution in [2.75, 3.05) is 0 Å². The van der Waals surface area contributed by atoms with Crippen LogP contribution >= 0.6 is 11.6 Å². The molecule has 4 nitrogen and oxygen atoms in total. The number of urea groups is 1. The summed E-state index contributed by atoms with van der Waals surface area (Å²) in [5.74, 6) is 0. The Kier molecular flexibility index (Phi) is 3.36. The maximum atomic E-state index is 10.4. The predicted octanol–water partition coefficient (Wildman–Crippen LogP) is 1.48. The van der Waals surface area contributed by atoms with Crippen LogP contribution in [0.25, 0.3) is 5.70 Å². The first-order valence-corrected chi connectivity index (χ1v) is 4.23. The van der Waals surface area contributed by atoms with E-state index >= 15 is 0 Å². The van der Waals surface area contributed by atoms with Crippen molar-refractivity contribution in [3.05, 3.63) is 41.4 Å². The van der Waals surface area contributed by atoms with Gasteiger partial charge in [0.2, 0.25) is 0 Å². The molecule has 0 aromatic heterocycles. The number of hydrogen-bond donors (Lipinski definition) is 3. The number of rotatable bonds is 3. The van der Waals surface area contributed by atoms with Gasteiger partial charge in [-0.3, -0.25) is 10.9 Å². The number of nitrogens with two attached hydrogens (primary N) is 1. The Bertz CT molecular complexity index is 348. The lowest BCUT2D eigenvalue weighted by molar-refractivity contribution is 0.247. The van der Waals surface area contributed by atoms with E-state index in [4.69, 9.17) is 17.3 Å². The second-order valence-corrected chi connectivity index (χ2v) is 3.04. The summed E-state index contributed by atoms with van der Waals surface area (Å²) in [7, 11) is 0. The molecule has 0 saturated heterocycles. The van der Waals surface area contributed by atoms with Crippen LogP contribution < -0.4 is 16.6 Å². The molecule has 0 aliphatic rings. The molecular formula is C9H10ClN3O. The van der Waals surface area contributed by atoms with E-state index in [1.807, 2.05) is 0 Å². The van der Waals surface area contributed by atoms with Gasteiger partial charge in [0.15, 0.2) is 0 Å². The molecule has 0 radical (unpaired) electrons. The number of carbonyl (C=O) groups excluding carboxylic acids is 1. The zero-order valence-corrected chi connectivity index (χ0v) is 8.14. The van der Waals surface area contributed by atoms with Gasteiger partial charge in [-0.15, -0.1) is 0 Å². The Morgan fingerprint density at radius 3 is 2.36 bits per heavy atom. The summed E-state index contributed by atoms with van der Waals surface area (Å²) in [5, 5.41) is 0.643. The largest absolute Gasteiger partial charge is 0.350 e. The molecule has 1 aromatic rings. The minimum Gasteiger partial charge on any atom is -0.350 e. The third kappa shape index (κ3) is 2.99. The molecule has 4 N–H and O–H groups in total. The van der Waals surface area contributed by atoms with Gasteiger partial charge in [-0.1, -0.05) is 30.3 Å². The number of carbonyl (C=O) groups is 1. The van der Waals surface area contributed by atoms with Gasteiger partial charge in [-0.25, -0.2) is 4.79 Å². The van der Waals surface area contributed by atoms with E-state index in [2.05, 4.69) is 17.4 Å². The van der Waals surface area contributed by atoms with Gasteiger partial charge in [-0.2, -0.15) is 0 Å². The third-order valence-electron chi connectivity index (χ3n) is 1.53. The molecule has 2 amide bonds. The third-order valence-corrected chi connectivity index (χ3v) is 1.78. The molecule has 0 aliphatic carbocycles. The molecule has 0 heterocycles. The number of halogens is 1. The first-order valence-electron chi connectivity index (χ1n) is 3.86. The monoisotopic (exact) mass is 211 g/mol. The topological polar surface area (TPSA) is 67.2 Å². The smallest absolute Gasteiger partial charge is 0.330 e. The predicted molar refractivity (Wildman–Crippen MR) is 56.3 cm³/mol. The first-order chi connectivity index (χ1) is 6.59. The van der Waals surface area contributed by atoms with Gasteiger partial charge < -0.3 is 5.73 Å². The normalized spacial score (nSPS) is 9.21. The molecule has 0 bridgehead atoms. The fourth-order valence-electron chi connectivity index (χ4n) is 0.860. The molecule has 1 rings (SSSR count). The number of primary amides is 1. The van der Waals surface area contributed by atoms with Gasteiger partial charge in [-0.05, 0) is 17.7 Å². The van der Waals surface area contributed by atoms with Gasteiger partial charge in [0, 0.05) is 5.02 Å². The van der Waals surface area contributed by atoms with Crippen LogP contribution in [0.15, 0.2) is 30.8 Å². The Balaban J connectivity index is 2.61. The first kappa shape index (κ1) is 10.4. The lowest BCUT2D eigenvalue weighted by atomic mass is 10.2. The van der Waals surface area contributed by atoms with E-state index in [0.29, 0.717) is 10.7 Å². The second-order valence-electron chi connectivity index (χ2n) is 2.60. The van der Waals surface area contributed by atoms with E-state index in [1.54, 1.807) is 24.3 Å². The minimum absolute atomic E-state index is 0.542. The fourth-order valence-corrected chi connectivity index (χ4v) is 0.986. The summed E-state index contributed by atoms with van der Waals surface area (Å²) >= 11 is 5.70. The van der Waals surface area contributed by atoms with Crippen LogP contribution in [-0.4, -0.2) is 6.03 Å². The number of hydrazine groups is 1. The van der Waals surface area contributed by atoms with Gasteiger partial charge in [0.25, 0.3) is 0 Å². The van der Waals surface area contributed by atoms with Crippen molar-refractivity contribution in [3.63, 3.8) is 0 Å². The highest BCUT2D eigenvalue weighted by Crippen LogP contribution is 2.13. The Hall–Kier alpha value is -1.68. The summed E-state index contributed by atoms with van der Waals surface area (Å²) in [6.07, 6.45) is 0. The quantitative estimate of drug-likeness (QED) is 0.663. The van der Waals surface area contributed by atoms with E-state index < -0.39 is 6.03 Å². The molecule has 0 saturated carbocycles. The zero-order valence-electron chi connectivity index (χ0n) is 7.38. The molecule has 0 atom stereocenters. The Labute approximate surface area is 86.7 Å². The average molecular weight is 212 g/mol. The van der Waals surface area contributed by atoms with Gasteiger partial charge in [0.1, 0.15) is 0 Å². The van der Waals surface area contributed by atoms with E-state index in [1.165, 1.54) is 0 Å². The number of hydrogen-bond acceptors (Lipinski definition) is 2. The molecule has 0 fully saturated rings. The lowest BCUT2D eigenvalue weighted by Crippen LogP contribution is -2.39. The lowest BCUT2D eigenvalue weighted by Gasteiger charge is -2.08. The van der Waals surface area contributed by atoms with Crippen molar-refractivity contribution in [3.8, 4) is 0 Å². The van der Waals surface area contributed by atoms with Gasteiger partial charge in [0.05, 0.1) is 5.70 Å². The van der Waals surface area contributed by atoms with Crippen LogP contribution in [0.1, 0.15) is 5.56 Å². The summed E-state index contributed by atoms with van der Waals surface area (Å²) in [4.78, 5) is 10.4. The Morgan fingerprint density at radius 2 is 1.86 bits per heavy atom. The highest BCUT2D eigenvalue weighted by molar-refractivity contribution is 6.30. The van der Waals surface area contributed by atoms with Crippen LogP contribution in [0.3, 0.4) is 0 Å². The van der Waals surface area contributed by atoms with E-state index in [9.17, 15) is 4.79 Å². The standard InChI is InChI=1S/C9H10ClN3O/c1-6(12-13-9(11)14)7-2-4-8(10)5-3-7/h2-5,12H,1H2,(H3,11,13,14). The SMILES string of the molecule is C=C(NNC(N)=O)c1ccc(Cl)cc1. The van der Waals surface area contributed by atoms with E-state index in [0.717, 1.165) is 5.56 Å². The zero-order chi connectivity index (χ0) is 10.6.